The molecule has 1 amide bonds. The van der Waals surface area contributed by atoms with Gasteiger partial charge in [0, 0.05) is 13.0 Å². The molecule has 0 aliphatic carbocycles. The lowest BCUT2D eigenvalue weighted by molar-refractivity contribution is -0.121. The molecule has 8 nitrogen and oxygen atoms in total. The molecule has 0 spiro atoms. The molecule has 4 rings (SSSR count). The summed E-state index contributed by atoms with van der Waals surface area (Å²) in [6.45, 7) is 2.20. The number of aryl methyl sites for hydroxylation is 1. The summed E-state index contributed by atoms with van der Waals surface area (Å²) in [5.41, 5.74) is 2.39. The van der Waals surface area contributed by atoms with Crippen molar-refractivity contribution in [2.24, 2.45) is 0 Å². The van der Waals surface area contributed by atoms with Crippen LogP contribution in [0.3, 0.4) is 0 Å². The number of hydrogen-bond acceptors (Lipinski definition) is 5. The zero-order chi connectivity index (χ0) is 20.2. The maximum atomic E-state index is 12.5. The molecule has 2 aromatic carbocycles. The van der Waals surface area contributed by atoms with Gasteiger partial charge in [0.2, 0.25) is 5.91 Å². The average Bonchev–Trinajstić information content (AvgIpc) is 3.28. The van der Waals surface area contributed by atoms with Gasteiger partial charge in [-0.3, -0.25) is 14.2 Å². The van der Waals surface area contributed by atoms with Gasteiger partial charge in [0.15, 0.2) is 0 Å². The Morgan fingerprint density at radius 2 is 1.90 bits per heavy atom. The fourth-order valence-electron chi connectivity index (χ4n) is 3.14. The quantitative estimate of drug-likeness (QED) is 0.547. The predicted octanol–water partition coefficient (Wildman–Crippen LogP) is 2.24. The number of hydrogen-bond donors (Lipinski definition) is 1. The first kappa shape index (κ1) is 18.5. The van der Waals surface area contributed by atoms with Crippen molar-refractivity contribution in [3.05, 3.63) is 83.4 Å². The molecular weight excluding hydrogens is 368 g/mol. The zero-order valence-electron chi connectivity index (χ0n) is 15.9. The monoisotopic (exact) mass is 388 g/mol. The van der Waals surface area contributed by atoms with Gasteiger partial charge in [-0.15, -0.1) is 0 Å². The number of carbonyl (C=O) groups is 1. The van der Waals surface area contributed by atoms with Crippen LogP contribution in [0.25, 0.3) is 16.6 Å². The first-order valence-electron chi connectivity index (χ1n) is 9.30. The lowest BCUT2D eigenvalue weighted by Crippen LogP contribution is -2.29. The highest BCUT2D eigenvalue weighted by Crippen LogP contribution is 2.15. The Morgan fingerprint density at radius 1 is 1.10 bits per heavy atom. The summed E-state index contributed by atoms with van der Waals surface area (Å²) in [6.07, 6.45) is 4.79. The normalized spacial score (nSPS) is 12.0. The van der Waals surface area contributed by atoms with Crippen LogP contribution in [-0.2, 0) is 11.3 Å². The molecule has 0 fully saturated rings. The summed E-state index contributed by atoms with van der Waals surface area (Å²) in [4.78, 5) is 33.1. The Labute approximate surface area is 166 Å². The van der Waals surface area contributed by atoms with Gasteiger partial charge in [-0.2, -0.15) is 5.10 Å². The molecule has 0 aliphatic rings. The minimum atomic E-state index is -0.154. The van der Waals surface area contributed by atoms with Crippen LogP contribution in [0.5, 0.6) is 0 Å². The Kier molecular flexibility index (Phi) is 5.15. The topological polar surface area (TPSA) is 94.7 Å². The summed E-state index contributed by atoms with van der Waals surface area (Å²) in [5, 5.41) is 7.61. The van der Waals surface area contributed by atoms with Crippen LogP contribution in [0.4, 0.5) is 0 Å². The summed E-state index contributed by atoms with van der Waals surface area (Å²) >= 11 is 0. The molecule has 8 heteroatoms. The van der Waals surface area contributed by atoms with Gasteiger partial charge in [-0.25, -0.2) is 14.6 Å². The molecule has 0 aliphatic heterocycles. The molecule has 29 heavy (non-hydrogen) atoms. The second kappa shape index (κ2) is 8.05. The fraction of sp³-hybridized carbons (Fsp3) is 0.190. The van der Waals surface area contributed by atoms with E-state index < -0.39 is 0 Å². The van der Waals surface area contributed by atoms with Crippen molar-refractivity contribution >= 4 is 16.8 Å². The van der Waals surface area contributed by atoms with E-state index in [0.717, 1.165) is 11.3 Å². The highest BCUT2D eigenvalue weighted by atomic mass is 16.2. The maximum Gasteiger partial charge on any atom is 0.261 e. The molecule has 1 N–H and O–H groups in total. The molecule has 1 atom stereocenters. The number of amides is 1. The van der Waals surface area contributed by atoms with Crippen molar-refractivity contribution in [3.8, 4) is 5.69 Å². The molecule has 2 heterocycles. The van der Waals surface area contributed by atoms with Gasteiger partial charge in [0.05, 0.1) is 29.0 Å². The second-order valence-corrected chi connectivity index (χ2v) is 6.73. The minimum Gasteiger partial charge on any atom is -0.350 e. The minimum absolute atomic E-state index is 0.127. The molecule has 146 valence electrons. The summed E-state index contributed by atoms with van der Waals surface area (Å²) in [5.74, 6) is -0.127. The van der Waals surface area contributed by atoms with Crippen molar-refractivity contribution in [2.75, 3.05) is 0 Å². The number of para-hydroxylation sites is 1. The van der Waals surface area contributed by atoms with Gasteiger partial charge in [-0.1, -0.05) is 24.3 Å². The van der Waals surface area contributed by atoms with Gasteiger partial charge in [0.1, 0.15) is 12.7 Å². The van der Waals surface area contributed by atoms with E-state index in [1.807, 2.05) is 37.3 Å². The first-order valence-corrected chi connectivity index (χ1v) is 9.30. The van der Waals surface area contributed by atoms with Gasteiger partial charge < -0.3 is 5.32 Å². The predicted molar refractivity (Wildman–Crippen MR) is 109 cm³/mol. The number of nitrogens with one attached hydrogen (secondary N) is 1. The molecule has 0 bridgehead atoms. The van der Waals surface area contributed by atoms with Crippen molar-refractivity contribution in [3.63, 3.8) is 0 Å². The zero-order valence-corrected chi connectivity index (χ0v) is 15.9. The third-order valence-electron chi connectivity index (χ3n) is 4.77. The number of fused-ring (bicyclic) bond motifs is 1. The smallest absolute Gasteiger partial charge is 0.261 e. The largest absolute Gasteiger partial charge is 0.350 e. The lowest BCUT2D eigenvalue weighted by Gasteiger charge is -2.15. The van der Waals surface area contributed by atoms with Crippen molar-refractivity contribution in [2.45, 2.75) is 25.9 Å². The lowest BCUT2D eigenvalue weighted by atomic mass is 10.1. The highest BCUT2D eigenvalue weighted by Gasteiger charge is 2.11. The SMILES string of the molecule is CC(NC(=O)CCn1cnc2ccccc2c1=O)c1ccc(-n2cncn2)cc1. The van der Waals surface area contributed by atoms with Crippen LogP contribution in [0.15, 0.2) is 72.3 Å². The fourth-order valence-corrected chi connectivity index (χ4v) is 3.14. The van der Waals surface area contributed by atoms with Crippen LogP contribution >= 0.6 is 0 Å². The molecular formula is C21H20N6O2. The summed E-state index contributed by atoms with van der Waals surface area (Å²) in [7, 11) is 0. The third kappa shape index (κ3) is 4.06. The van der Waals surface area contributed by atoms with E-state index in [1.54, 1.807) is 29.2 Å². The summed E-state index contributed by atoms with van der Waals surface area (Å²) in [6, 6.07) is 14.8. The molecule has 2 aromatic heterocycles. The number of carbonyl (C=O) groups excluding carboxylic acids is 1. The number of nitrogens with zero attached hydrogens (tertiary/aromatic N) is 5. The highest BCUT2D eigenvalue weighted by molar-refractivity contribution is 5.77. The van der Waals surface area contributed by atoms with E-state index in [-0.39, 0.29) is 30.5 Å². The van der Waals surface area contributed by atoms with Crippen LogP contribution in [0.2, 0.25) is 0 Å². The van der Waals surface area contributed by atoms with Crippen molar-refractivity contribution in [1.29, 1.82) is 0 Å². The average molecular weight is 388 g/mol. The number of rotatable bonds is 6. The molecule has 4 aromatic rings. The van der Waals surface area contributed by atoms with E-state index >= 15 is 0 Å². The van der Waals surface area contributed by atoms with Gasteiger partial charge in [-0.05, 0) is 36.8 Å². The van der Waals surface area contributed by atoms with E-state index in [9.17, 15) is 9.59 Å². The molecule has 0 radical (unpaired) electrons. The number of benzene rings is 2. The molecule has 0 saturated heterocycles. The standard InChI is InChI=1S/C21H20N6O2/c1-15(16-6-8-17(9-7-16)27-13-22-12-24-27)25-20(28)10-11-26-14-23-19-5-3-2-4-18(19)21(26)29/h2-9,12-15H,10-11H2,1H3,(H,25,28). The van der Waals surface area contributed by atoms with E-state index in [0.29, 0.717) is 10.9 Å². The third-order valence-corrected chi connectivity index (χ3v) is 4.77. The Hall–Kier alpha value is -3.81. The number of aromatic nitrogens is 5. The van der Waals surface area contributed by atoms with Gasteiger partial charge >= 0.3 is 0 Å². The van der Waals surface area contributed by atoms with E-state index in [4.69, 9.17) is 0 Å². The summed E-state index contributed by atoms with van der Waals surface area (Å²) < 4.78 is 3.14. The maximum absolute atomic E-state index is 12.5. The van der Waals surface area contributed by atoms with E-state index in [1.165, 1.54) is 17.2 Å². The van der Waals surface area contributed by atoms with Crippen molar-refractivity contribution in [1.82, 2.24) is 29.6 Å². The van der Waals surface area contributed by atoms with Crippen LogP contribution < -0.4 is 10.9 Å². The molecule has 1 unspecified atom stereocenters. The van der Waals surface area contributed by atoms with Crippen LogP contribution in [0, 0.1) is 0 Å². The Morgan fingerprint density at radius 3 is 2.66 bits per heavy atom. The first-order chi connectivity index (χ1) is 14.1. The van der Waals surface area contributed by atoms with Crippen molar-refractivity contribution < 1.29 is 4.79 Å². The molecule has 0 saturated carbocycles. The van der Waals surface area contributed by atoms with Crippen LogP contribution in [0.1, 0.15) is 24.9 Å². The van der Waals surface area contributed by atoms with Gasteiger partial charge in [0.25, 0.3) is 5.56 Å². The van der Waals surface area contributed by atoms with Crippen LogP contribution in [-0.4, -0.2) is 30.2 Å². The second-order valence-electron chi connectivity index (χ2n) is 6.73. The Bertz CT molecular complexity index is 1180. The Balaban J connectivity index is 1.37. The van der Waals surface area contributed by atoms with E-state index in [2.05, 4.69) is 20.4 Å².